The number of esters is 1. The van der Waals surface area contributed by atoms with Gasteiger partial charge in [0.05, 0.1) is 23.6 Å². The summed E-state index contributed by atoms with van der Waals surface area (Å²) in [6, 6.07) is 6.42. The number of sulfonamides is 1. The van der Waals surface area contributed by atoms with Crippen LogP contribution in [0.25, 0.3) is 0 Å². The van der Waals surface area contributed by atoms with Crippen LogP contribution >= 0.6 is 0 Å². The Morgan fingerprint density at radius 3 is 2.74 bits per heavy atom. The van der Waals surface area contributed by atoms with E-state index < -0.39 is 16.0 Å². The van der Waals surface area contributed by atoms with Gasteiger partial charge in [0.1, 0.15) is 0 Å². The number of carbonyl (C=O) groups is 2. The minimum absolute atomic E-state index is 0.133. The quantitative estimate of drug-likeness (QED) is 0.511. The molecule has 3 rings (SSSR count). The zero-order valence-corrected chi connectivity index (χ0v) is 18.8. The summed E-state index contributed by atoms with van der Waals surface area (Å²) in [5, 5.41) is 5.33. The molecule has 170 valence electrons. The van der Waals surface area contributed by atoms with Gasteiger partial charge in [0, 0.05) is 25.3 Å². The van der Waals surface area contributed by atoms with Gasteiger partial charge in [-0.25, -0.2) is 22.7 Å². The Bertz CT molecular complexity index is 943. The van der Waals surface area contributed by atoms with Gasteiger partial charge >= 0.3 is 12.0 Å². The summed E-state index contributed by atoms with van der Waals surface area (Å²) in [7, 11) is -3.56. The van der Waals surface area contributed by atoms with E-state index in [1.807, 2.05) is 6.92 Å². The largest absolute Gasteiger partial charge is 0.463 e. The van der Waals surface area contributed by atoms with Gasteiger partial charge in [-0.1, -0.05) is 17.7 Å². The predicted molar refractivity (Wildman–Crippen MR) is 116 cm³/mol. The molecular formula is C21H30N4O5S. The maximum absolute atomic E-state index is 12.6. The Kier molecular flexibility index (Phi) is 7.69. The molecule has 2 aliphatic heterocycles. The molecular weight excluding hydrogens is 420 g/mol. The second-order valence-electron chi connectivity index (χ2n) is 7.89. The number of ether oxygens (including phenoxy) is 1. The van der Waals surface area contributed by atoms with Gasteiger partial charge < -0.3 is 15.4 Å². The zero-order valence-electron chi connectivity index (χ0n) is 17.9. The number of aryl methyl sites for hydroxylation is 1. The van der Waals surface area contributed by atoms with E-state index in [1.54, 1.807) is 31.2 Å². The topological polar surface area (TPSA) is 117 Å². The lowest BCUT2D eigenvalue weighted by atomic mass is 9.98. The summed E-state index contributed by atoms with van der Waals surface area (Å²) in [6.45, 7) is 6.26. The van der Waals surface area contributed by atoms with Gasteiger partial charge in [-0.2, -0.15) is 0 Å². The minimum Gasteiger partial charge on any atom is -0.463 e. The van der Waals surface area contributed by atoms with Crippen molar-refractivity contribution in [3.8, 4) is 0 Å². The van der Waals surface area contributed by atoms with Crippen molar-refractivity contribution < 1.29 is 22.7 Å². The van der Waals surface area contributed by atoms with Crippen molar-refractivity contribution in [3.63, 3.8) is 0 Å². The van der Waals surface area contributed by atoms with Gasteiger partial charge in [-0.15, -0.1) is 0 Å². The molecule has 1 fully saturated rings. The predicted octanol–water partition coefficient (Wildman–Crippen LogP) is 1.12. The lowest BCUT2D eigenvalue weighted by Gasteiger charge is -2.34. The number of piperidine rings is 1. The third-order valence-corrected chi connectivity index (χ3v) is 6.89. The fraction of sp³-hybridized carbons (Fsp3) is 0.524. The second-order valence-corrected chi connectivity index (χ2v) is 9.66. The first-order valence-corrected chi connectivity index (χ1v) is 12.0. The van der Waals surface area contributed by atoms with E-state index in [1.165, 1.54) is 0 Å². The van der Waals surface area contributed by atoms with Crippen molar-refractivity contribution in [2.24, 2.45) is 5.92 Å². The van der Waals surface area contributed by atoms with Crippen molar-refractivity contribution in [2.45, 2.75) is 31.6 Å². The maximum Gasteiger partial charge on any atom is 0.337 e. The van der Waals surface area contributed by atoms with Crippen LogP contribution in [0.2, 0.25) is 0 Å². The van der Waals surface area contributed by atoms with Crippen molar-refractivity contribution in [2.75, 3.05) is 39.3 Å². The Labute approximate surface area is 183 Å². The first-order chi connectivity index (χ1) is 14.8. The molecule has 10 heteroatoms. The number of nitrogens with one attached hydrogen (secondary N) is 3. The number of rotatable bonds is 8. The zero-order chi connectivity index (χ0) is 22.4. The smallest absolute Gasteiger partial charge is 0.337 e. The van der Waals surface area contributed by atoms with Crippen LogP contribution in [-0.2, 0) is 19.6 Å². The van der Waals surface area contributed by atoms with Crippen LogP contribution in [0.4, 0.5) is 4.79 Å². The number of amides is 2. The van der Waals surface area contributed by atoms with Crippen LogP contribution in [-0.4, -0.2) is 64.6 Å². The molecule has 1 unspecified atom stereocenters. The number of urea groups is 1. The van der Waals surface area contributed by atoms with E-state index in [0.29, 0.717) is 30.9 Å². The molecule has 9 nitrogen and oxygen atoms in total. The van der Waals surface area contributed by atoms with Crippen molar-refractivity contribution in [1.82, 2.24) is 20.3 Å². The van der Waals surface area contributed by atoms with E-state index in [4.69, 9.17) is 4.74 Å². The van der Waals surface area contributed by atoms with Crippen LogP contribution in [0.5, 0.6) is 0 Å². The van der Waals surface area contributed by atoms with Crippen LogP contribution in [0, 0.1) is 12.8 Å². The molecule has 0 spiro atoms. The molecule has 0 aromatic heterocycles. The standard InChI is InChI=1S/C21H30N4O5S/c1-3-30-20(26)18-12-22-21(27)24-19(18)14-25-10-4-5-16(13-25)11-23-31(28,29)17-8-6-15(2)7-9-17/h6-9,16,23H,3-5,10-14H2,1-2H3,(H2,22,24,27). The molecule has 0 aliphatic carbocycles. The Balaban J connectivity index is 1.61. The van der Waals surface area contributed by atoms with Crippen molar-refractivity contribution in [3.05, 3.63) is 41.1 Å². The van der Waals surface area contributed by atoms with E-state index in [-0.39, 0.29) is 30.0 Å². The summed E-state index contributed by atoms with van der Waals surface area (Å²) in [4.78, 5) is 26.4. The summed E-state index contributed by atoms with van der Waals surface area (Å²) in [5.74, 6) is -0.303. The molecule has 31 heavy (non-hydrogen) atoms. The molecule has 3 N–H and O–H groups in total. The van der Waals surface area contributed by atoms with E-state index in [2.05, 4.69) is 20.3 Å². The third kappa shape index (κ3) is 6.28. The summed E-state index contributed by atoms with van der Waals surface area (Å²) in [5.41, 5.74) is 1.97. The molecule has 2 heterocycles. The highest BCUT2D eigenvalue weighted by molar-refractivity contribution is 7.89. The van der Waals surface area contributed by atoms with Gasteiger partial charge in [-0.05, 0) is 51.3 Å². The highest BCUT2D eigenvalue weighted by Crippen LogP contribution is 2.19. The average molecular weight is 451 g/mol. The normalized spacial score (nSPS) is 20.2. The number of hydrogen-bond acceptors (Lipinski definition) is 6. The molecule has 0 radical (unpaired) electrons. The van der Waals surface area contributed by atoms with E-state index in [0.717, 1.165) is 24.9 Å². The molecule has 1 saturated heterocycles. The second kappa shape index (κ2) is 10.3. The first kappa shape index (κ1) is 23.2. The highest BCUT2D eigenvalue weighted by Gasteiger charge is 2.28. The Hall–Kier alpha value is -2.43. The molecule has 2 amide bonds. The van der Waals surface area contributed by atoms with Gasteiger partial charge in [0.2, 0.25) is 10.0 Å². The number of hydrogen-bond donors (Lipinski definition) is 3. The van der Waals surface area contributed by atoms with E-state index in [9.17, 15) is 18.0 Å². The first-order valence-electron chi connectivity index (χ1n) is 10.5. The molecule has 0 saturated carbocycles. The maximum atomic E-state index is 12.6. The number of carbonyl (C=O) groups excluding carboxylic acids is 2. The van der Waals surface area contributed by atoms with Gasteiger partial charge in [0.25, 0.3) is 0 Å². The summed E-state index contributed by atoms with van der Waals surface area (Å²) >= 11 is 0. The highest BCUT2D eigenvalue weighted by atomic mass is 32.2. The molecule has 0 bridgehead atoms. The summed E-state index contributed by atoms with van der Waals surface area (Å²) in [6.07, 6.45) is 1.82. The number of nitrogens with zero attached hydrogens (tertiary/aromatic N) is 1. The Morgan fingerprint density at radius 2 is 2.03 bits per heavy atom. The lowest BCUT2D eigenvalue weighted by molar-refractivity contribution is -0.138. The molecule has 1 aromatic carbocycles. The van der Waals surface area contributed by atoms with Crippen molar-refractivity contribution >= 4 is 22.0 Å². The fourth-order valence-electron chi connectivity index (χ4n) is 3.79. The van der Waals surface area contributed by atoms with Crippen LogP contribution in [0.3, 0.4) is 0 Å². The lowest BCUT2D eigenvalue weighted by Crippen LogP contribution is -2.48. The van der Waals surface area contributed by atoms with Gasteiger partial charge in [-0.3, -0.25) is 4.90 Å². The van der Waals surface area contributed by atoms with Crippen LogP contribution in [0.1, 0.15) is 25.3 Å². The van der Waals surface area contributed by atoms with Crippen molar-refractivity contribution in [1.29, 1.82) is 0 Å². The van der Waals surface area contributed by atoms with Crippen LogP contribution < -0.4 is 15.4 Å². The number of likely N-dealkylation sites (tertiary alicyclic amines) is 1. The average Bonchev–Trinajstić information content (AvgIpc) is 2.73. The molecule has 1 aromatic rings. The third-order valence-electron chi connectivity index (χ3n) is 5.45. The fourth-order valence-corrected chi connectivity index (χ4v) is 4.91. The summed E-state index contributed by atoms with van der Waals surface area (Å²) < 4.78 is 32.9. The minimum atomic E-state index is -3.56. The Morgan fingerprint density at radius 1 is 1.29 bits per heavy atom. The number of benzene rings is 1. The van der Waals surface area contributed by atoms with Gasteiger partial charge in [0.15, 0.2) is 0 Å². The molecule has 2 aliphatic rings. The molecule has 1 atom stereocenters. The van der Waals surface area contributed by atoms with E-state index >= 15 is 0 Å². The van der Waals surface area contributed by atoms with Crippen LogP contribution in [0.15, 0.2) is 40.4 Å². The SMILES string of the molecule is CCOC(=O)C1=C(CN2CCCC(CNS(=O)(=O)c3ccc(C)cc3)C2)NC(=O)NC1. The monoisotopic (exact) mass is 450 g/mol.